The smallest absolute Gasteiger partial charge is 0.191 e. The van der Waals surface area contributed by atoms with Gasteiger partial charge in [-0.15, -0.1) is 6.58 Å². The number of likely N-dealkylation sites (tertiary alicyclic amines) is 1. The number of aliphatic imine (C=N–C) groups is 1. The van der Waals surface area contributed by atoms with E-state index in [0.717, 1.165) is 50.7 Å². The summed E-state index contributed by atoms with van der Waals surface area (Å²) in [5.41, 5.74) is 2.22. The maximum absolute atomic E-state index is 4.79. The van der Waals surface area contributed by atoms with Gasteiger partial charge in [0.05, 0.1) is 12.2 Å². The molecule has 1 saturated heterocycles. The van der Waals surface area contributed by atoms with E-state index in [-0.39, 0.29) is 0 Å². The highest BCUT2D eigenvalue weighted by Gasteiger charge is 2.18. The Bertz CT molecular complexity index is 729. The lowest BCUT2D eigenvalue weighted by molar-refractivity contribution is 0.225. The van der Waals surface area contributed by atoms with Crippen LogP contribution < -0.4 is 10.6 Å². The van der Waals surface area contributed by atoms with Crippen LogP contribution in [0.25, 0.3) is 5.69 Å². The standard InChI is InChI=1S/C21H30N6/c1-3-12-26-14-9-19(10-15-26)25-21(22-4-2)23-17-18-7-5-8-20(16-18)27-13-6-11-24-27/h3,5-8,11,13,16,19H,1,4,9-10,12,14-15,17H2,2H3,(H2,22,23,25). The highest BCUT2D eigenvalue weighted by Crippen LogP contribution is 2.12. The molecule has 1 aromatic heterocycles. The van der Waals surface area contributed by atoms with Crippen LogP contribution in [-0.2, 0) is 6.54 Å². The zero-order valence-electron chi connectivity index (χ0n) is 16.1. The van der Waals surface area contributed by atoms with Gasteiger partial charge in [0.15, 0.2) is 5.96 Å². The fourth-order valence-electron chi connectivity index (χ4n) is 3.35. The first-order valence-electron chi connectivity index (χ1n) is 9.75. The average molecular weight is 367 g/mol. The molecule has 2 N–H and O–H groups in total. The molecular weight excluding hydrogens is 336 g/mol. The molecule has 144 valence electrons. The zero-order valence-corrected chi connectivity index (χ0v) is 16.1. The van der Waals surface area contributed by atoms with Gasteiger partial charge in [-0.1, -0.05) is 18.2 Å². The van der Waals surface area contributed by atoms with Crippen LogP contribution in [0.3, 0.4) is 0 Å². The van der Waals surface area contributed by atoms with Crippen molar-refractivity contribution in [2.24, 2.45) is 4.99 Å². The number of nitrogens with one attached hydrogen (secondary N) is 2. The predicted molar refractivity (Wildman–Crippen MR) is 111 cm³/mol. The van der Waals surface area contributed by atoms with E-state index in [2.05, 4.69) is 58.4 Å². The molecule has 0 saturated carbocycles. The molecule has 0 spiro atoms. The Labute approximate surface area is 162 Å². The summed E-state index contributed by atoms with van der Waals surface area (Å²) in [6.45, 7) is 10.6. The average Bonchev–Trinajstić information content (AvgIpc) is 3.23. The molecule has 0 aliphatic carbocycles. The topological polar surface area (TPSA) is 57.5 Å². The summed E-state index contributed by atoms with van der Waals surface area (Å²) in [6, 6.07) is 10.7. The fraction of sp³-hybridized carbons (Fsp3) is 0.429. The van der Waals surface area contributed by atoms with Crippen LogP contribution in [0.4, 0.5) is 0 Å². The highest BCUT2D eigenvalue weighted by molar-refractivity contribution is 5.80. The minimum Gasteiger partial charge on any atom is -0.357 e. The van der Waals surface area contributed by atoms with E-state index in [1.54, 1.807) is 6.20 Å². The van der Waals surface area contributed by atoms with Crippen LogP contribution >= 0.6 is 0 Å². The molecular formula is C21H30N6. The highest BCUT2D eigenvalue weighted by atomic mass is 15.3. The molecule has 6 nitrogen and oxygen atoms in total. The number of piperidine rings is 1. The first kappa shape index (κ1) is 19.2. The molecule has 0 amide bonds. The molecule has 3 rings (SSSR count). The van der Waals surface area contributed by atoms with E-state index < -0.39 is 0 Å². The van der Waals surface area contributed by atoms with E-state index in [1.165, 1.54) is 5.56 Å². The van der Waals surface area contributed by atoms with Crippen molar-refractivity contribution in [3.63, 3.8) is 0 Å². The lowest BCUT2D eigenvalue weighted by Gasteiger charge is -2.32. The third kappa shape index (κ3) is 5.69. The van der Waals surface area contributed by atoms with Gasteiger partial charge in [0.25, 0.3) is 0 Å². The largest absolute Gasteiger partial charge is 0.357 e. The van der Waals surface area contributed by atoms with Crippen molar-refractivity contribution in [2.45, 2.75) is 32.4 Å². The summed E-state index contributed by atoms with van der Waals surface area (Å²) in [4.78, 5) is 7.23. The van der Waals surface area contributed by atoms with E-state index in [4.69, 9.17) is 4.99 Å². The molecule has 2 aromatic rings. The minimum absolute atomic E-state index is 0.472. The van der Waals surface area contributed by atoms with Crippen LogP contribution in [0, 0.1) is 0 Å². The van der Waals surface area contributed by atoms with Crippen molar-refractivity contribution in [1.29, 1.82) is 0 Å². The van der Waals surface area contributed by atoms with Gasteiger partial charge < -0.3 is 10.6 Å². The maximum atomic E-state index is 4.79. The van der Waals surface area contributed by atoms with Gasteiger partial charge in [-0.05, 0) is 43.5 Å². The van der Waals surface area contributed by atoms with Gasteiger partial charge in [0.2, 0.25) is 0 Å². The number of benzene rings is 1. The Kier molecular flexibility index (Phi) is 7.04. The molecule has 1 aromatic carbocycles. The van der Waals surface area contributed by atoms with Crippen molar-refractivity contribution in [1.82, 2.24) is 25.3 Å². The van der Waals surface area contributed by atoms with Crippen molar-refractivity contribution in [3.05, 3.63) is 60.9 Å². The van der Waals surface area contributed by atoms with Crippen molar-refractivity contribution in [2.75, 3.05) is 26.2 Å². The number of hydrogen-bond donors (Lipinski definition) is 2. The number of hydrogen-bond acceptors (Lipinski definition) is 3. The van der Waals surface area contributed by atoms with Gasteiger partial charge >= 0.3 is 0 Å². The van der Waals surface area contributed by atoms with Gasteiger partial charge in [0.1, 0.15) is 0 Å². The number of rotatable bonds is 7. The lowest BCUT2D eigenvalue weighted by atomic mass is 10.1. The Morgan fingerprint density at radius 3 is 2.89 bits per heavy atom. The molecule has 0 radical (unpaired) electrons. The Balaban J connectivity index is 1.59. The molecule has 1 aliphatic heterocycles. The van der Waals surface area contributed by atoms with Crippen LogP contribution in [0.15, 0.2) is 60.4 Å². The number of guanidine groups is 1. The second kappa shape index (κ2) is 9.92. The van der Waals surface area contributed by atoms with Gasteiger partial charge in [0, 0.05) is 44.6 Å². The molecule has 27 heavy (non-hydrogen) atoms. The second-order valence-corrected chi connectivity index (χ2v) is 6.82. The summed E-state index contributed by atoms with van der Waals surface area (Å²) in [7, 11) is 0. The molecule has 0 bridgehead atoms. The molecule has 2 heterocycles. The zero-order chi connectivity index (χ0) is 18.9. The third-order valence-electron chi connectivity index (χ3n) is 4.76. The SMILES string of the molecule is C=CCN1CCC(NC(=NCc2cccc(-n3cccn3)c2)NCC)CC1. The maximum Gasteiger partial charge on any atom is 0.191 e. The second-order valence-electron chi connectivity index (χ2n) is 6.82. The minimum atomic E-state index is 0.472. The normalized spacial score (nSPS) is 16.3. The quantitative estimate of drug-likeness (QED) is 0.449. The summed E-state index contributed by atoms with van der Waals surface area (Å²) in [5.74, 6) is 0.893. The van der Waals surface area contributed by atoms with Gasteiger partial charge in [-0.25, -0.2) is 9.67 Å². The predicted octanol–water partition coefficient (Wildman–Crippen LogP) is 2.58. The van der Waals surface area contributed by atoms with E-state index in [0.29, 0.717) is 12.6 Å². The Hall–Kier alpha value is -2.60. The summed E-state index contributed by atoms with van der Waals surface area (Å²) >= 11 is 0. The van der Waals surface area contributed by atoms with Crippen molar-refractivity contribution < 1.29 is 0 Å². The summed E-state index contributed by atoms with van der Waals surface area (Å²) in [6.07, 6.45) is 7.99. The number of aromatic nitrogens is 2. The monoisotopic (exact) mass is 366 g/mol. The first-order valence-corrected chi connectivity index (χ1v) is 9.75. The van der Waals surface area contributed by atoms with Crippen LogP contribution in [0.2, 0.25) is 0 Å². The Morgan fingerprint density at radius 2 is 2.19 bits per heavy atom. The first-order chi connectivity index (χ1) is 13.3. The van der Waals surface area contributed by atoms with Crippen LogP contribution in [0.1, 0.15) is 25.3 Å². The molecule has 1 aliphatic rings. The summed E-state index contributed by atoms with van der Waals surface area (Å²) in [5, 5.41) is 11.3. The summed E-state index contributed by atoms with van der Waals surface area (Å²) < 4.78 is 1.87. The fourth-order valence-corrected chi connectivity index (χ4v) is 3.35. The van der Waals surface area contributed by atoms with Crippen LogP contribution in [0.5, 0.6) is 0 Å². The lowest BCUT2D eigenvalue weighted by Crippen LogP contribution is -2.48. The van der Waals surface area contributed by atoms with Gasteiger partial charge in [-0.3, -0.25) is 4.90 Å². The molecule has 0 atom stereocenters. The Morgan fingerprint density at radius 1 is 1.33 bits per heavy atom. The van der Waals surface area contributed by atoms with E-state index in [9.17, 15) is 0 Å². The molecule has 6 heteroatoms. The molecule has 0 unspecified atom stereocenters. The number of nitrogens with zero attached hydrogens (tertiary/aromatic N) is 4. The van der Waals surface area contributed by atoms with E-state index >= 15 is 0 Å². The van der Waals surface area contributed by atoms with Gasteiger partial charge in [-0.2, -0.15) is 5.10 Å². The third-order valence-corrected chi connectivity index (χ3v) is 4.76. The molecule has 1 fully saturated rings. The van der Waals surface area contributed by atoms with Crippen LogP contribution in [-0.4, -0.2) is 52.9 Å². The van der Waals surface area contributed by atoms with Crippen molar-refractivity contribution in [3.8, 4) is 5.69 Å². The van der Waals surface area contributed by atoms with E-state index in [1.807, 2.05) is 23.0 Å². The van der Waals surface area contributed by atoms with Crippen molar-refractivity contribution >= 4 is 5.96 Å².